The Kier molecular flexibility index (Phi) is 39.6. The number of unbranched alkanes of at least 4 members (excludes halogenated alkanes) is 2. The number of carboxylic acid groups (broad SMARTS) is 1. The molecule has 0 bridgehead atoms. The fourth-order valence-electron chi connectivity index (χ4n) is 10.9. The second kappa shape index (κ2) is 45.5. The molecular formula is C66H113N19O16. The number of aromatic hydroxyl groups is 1. The van der Waals surface area contributed by atoms with Gasteiger partial charge in [-0.2, -0.15) is 0 Å². The van der Waals surface area contributed by atoms with Gasteiger partial charge in [-0.05, 0) is 138 Å². The van der Waals surface area contributed by atoms with Crippen LogP contribution in [0.15, 0.2) is 29.3 Å². The summed E-state index contributed by atoms with van der Waals surface area (Å²) in [6.45, 7) is 13.5. The summed E-state index contributed by atoms with van der Waals surface area (Å²) < 4.78 is 0. The number of amides is 13. The fraction of sp³-hybridized carbons (Fsp3) is 0.682. The van der Waals surface area contributed by atoms with Crippen LogP contribution in [0.25, 0.3) is 0 Å². The van der Waals surface area contributed by atoms with Gasteiger partial charge in [0, 0.05) is 32.4 Å². The fourth-order valence-corrected chi connectivity index (χ4v) is 10.9. The van der Waals surface area contributed by atoms with Crippen LogP contribution in [0.5, 0.6) is 5.75 Å². The van der Waals surface area contributed by atoms with E-state index >= 15 is 0 Å². The molecular weight excluding hydrogens is 1310 g/mol. The predicted octanol–water partition coefficient (Wildman–Crippen LogP) is -3.94. The molecule has 2 rings (SSSR count). The first-order valence-electron chi connectivity index (χ1n) is 34.6. The van der Waals surface area contributed by atoms with E-state index in [4.69, 9.17) is 40.1 Å². The van der Waals surface area contributed by atoms with Crippen molar-refractivity contribution in [1.29, 1.82) is 0 Å². The molecule has 568 valence electrons. The highest BCUT2D eigenvalue weighted by molar-refractivity contribution is 5.99. The molecule has 1 fully saturated rings. The summed E-state index contributed by atoms with van der Waals surface area (Å²) in [5.41, 5.74) is 39.8. The number of aliphatic carboxylic acids is 1. The Balaban J connectivity index is 2.34. The second-order valence-corrected chi connectivity index (χ2v) is 26.6. The molecule has 1 aromatic rings. The topological polar surface area (TPSA) is 597 Å². The molecule has 0 aromatic heterocycles. The minimum absolute atomic E-state index is 0.0329. The van der Waals surface area contributed by atoms with Gasteiger partial charge in [0.1, 0.15) is 66.2 Å². The van der Waals surface area contributed by atoms with Crippen molar-refractivity contribution in [2.24, 2.45) is 68.8 Å². The van der Waals surface area contributed by atoms with E-state index in [1.165, 1.54) is 29.2 Å². The number of nitrogens with zero attached hydrogens (tertiary/aromatic N) is 2. The number of likely N-dealkylation sites (tertiary alicyclic amines) is 1. The van der Waals surface area contributed by atoms with Crippen molar-refractivity contribution in [1.82, 2.24) is 58.1 Å². The number of aliphatic imine (C=N–C) groups is 1. The van der Waals surface area contributed by atoms with Gasteiger partial charge >= 0.3 is 5.97 Å². The lowest BCUT2D eigenvalue weighted by Crippen LogP contribution is -2.61. The number of carboxylic acids is 1. The summed E-state index contributed by atoms with van der Waals surface area (Å²) in [5.74, 6) is -14.0. The number of rotatable bonds is 48. The normalized spacial score (nSPS) is 16.0. The van der Waals surface area contributed by atoms with E-state index in [0.717, 1.165) is 0 Å². The zero-order valence-corrected chi connectivity index (χ0v) is 59.6. The number of phenolic OH excluding ortho intramolecular Hbond substituents is 1. The molecule has 0 saturated carbocycles. The van der Waals surface area contributed by atoms with Gasteiger partial charge in [-0.15, -0.1) is 0 Å². The molecule has 35 nitrogen and oxygen atoms in total. The van der Waals surface area contributed by atoms with E-state index in [9.17, 15) is 77.3 Å². The first kappa shape index (κ1) is 87.8. The molecule has 26 N–H and O–H groups in total. The summed E-state index contributed by atoms with van der Waals surface area (Å²) >= 11 is 0. The predicted molar refractivity (Wildman–Crippen MR) is 374 cm³/mol. The van der Waals surface area contributed by atoms with Crippen molar-refractivity contribution in [2.75, 3.05) is 32.7 Å². The monoisotopic (exact) mass is 1430 g/mol. The lowest BCUT2D eigenvalue weighted by Gasteiger charge is -2.32. The Hall–Kier alpha value is -9.25. The summed E-state index contributed by atoms with van der Waals surface area (Å²) in [5, 5.41) is 45.9. The van der Waals surface area contributed by atoms with Crippen LogP contribution in [0, 0.1) is 23.7 Å². The molecule has 35 heteroatoms. The smallest absolute Gasteiger partial charge is 0.303 e. The van der Waals surface area contributed by atoms with Crippen LogP contribution in [0.2, 0.25) is 0 Å². The maximum Gasteiger partial charge on any atom is 0.303 e. The van der Waals surface area contributed by atoms with Crippen LogP contribution in [-0.4, -0.2) is 203 Å². The van der Waals surface area contributed by atoms with Crippen LogP contribution in [-0.2, 0) is 73.5 Å². The summed E-state index contributed by atoms with van der Waals surface area (Å²) in [6.07, 6.45) is 1.36. The largest absolute Gasteiger partial charge is 0.508 e. The van der Waals surface area contributed by atoms with Crippen LogP contribution >= 0.6 is 0 Å². The molecule has 1 heterocycles. The van der Waals surface area contributed by atoms with Crippen LogP contribution in [0.1, 0.15) is 164 Å². The minimum Gasteiger partial charge on any atom is -0.508 e. The van der Waals surface area contributed by atoms with Crippen molar-refractivity contribution in [3.63, 3.8) is 0 Å². The van der Waals surface area contributed by atoms with E-state index in [1.807, 2.05) is 0 Å². The van der Waals surface area contributed by atoms with Crippen molar-refractivity contribution in [3.8, 4) is 5.75 Å². The van der Waals surface area contributed by atoms with E-state index in [0.29, 0.717) is 50.5 Å². The third kappa shape index (κ3) is 32.3. The molecule has 101 heavy (non-hydrogen) atoms. The zero-order chi connectivity index (χ0) is 76.2. The zero-order valence-electron chi connectivity index (χ0n) is 59.6. The van der Waals surface area contributed by atoms with Crippen LogP contribution in [0.4, 0.5) is 0 Å². The average molecular weight is 1430 g/mol. The number of carbonyl (C=O) groups is 14. The van der Waals surface area contributed by atoms with Crippen molar-refractivity contribution >= 4 is 88.7 Å². The highest BCUT2D eigenvalue weighted by Crippen LogP contribution is 2.22. The quantitative estimate of drug-likeness (QED) is 0.0168. The van der Waals surface area contributed by atoms with Gasteiger partial charge in [0.15, 0.2) is 5.96 Å². The minimum atomic E-state index is -1.60. The molecule has 1 aliphatic rings. The van der Waals surface area contributed by atoms with E-state index < -0.39 is 186 Å². The molecule has 1 aromatic carbocycles. The Bertz CT molecular complexity index is 2970. The molecule has 0 spiro atoms. The molecule has 13 amide bonds. The van der Waals surface area contributed by atoms with Gasteiger partial charge in [-0.1, -0.05) is 73.9 Å². The number of benzene rings is 1. The summed E-state index contributed by atoms with van der Waals surface area (Å²) in [7, 11) is 0. The number of primary amides is 2. The Labute approximate surface area is 590 Å². The molecule has 1 aliphatic heterocycles. The second-order valence-electron chi connectivity index (χ2n) is 26.6. The van der Waals surface area contributed by atoms with Gasteiger partial charge in [-0.3, -0.25) is 72.1 Å². The molecule has 0 unspecified atom stereocenters. The molecule has 0 radical (unpaired) electrons. The maximum atomic E-state index is 14.5. The summed E-state index contributed by atoms with van der Waals surface area (Å²) in [4.78, 5) is 195. The average Bonchev–Trinajstić information content (AvgIpc) is 1.88. The van der Waals surface area contributed by atoms with E-state index in [1.54, 1.807) is 55.4 Å². The number of phenols is 1. The number of guanidine groups is 1. The van der Waals surface area contributed by atoms with Gasteiger partial charge in [0.25, 0.3) is 0 Å². The lowest BCUT2D eigenvalue weighted by molar-refractivity contribution is -0.143. The first-order chi connectivity index (χ1) is 47.5. The van der Waals surface area contributed by atoms with Gasteiger partial charge < -0.3 is 108 Å². The number of carbonyl (C=O) groups excluding carboxylic acids is 13. The maximum absolute atomic E-state index is 14.5. The van der Waals surface area contributed by atoms with Gasteiger partial charge in [0.05, 0.1) is 12.6 Å². The number of hydrogen-bond acceptors (Lipinski definition) is 19. The van der Waals surface area contributed by atoms with E-state index in [-0.39, 0.29) is 95.2 Å². The van der Waals surface area contributed by atoms with E-state index in [2.05, 4.69) is 58.2 Å². The van der Waals surface area contributed by atoms with Crippen LogP contribution < -0.4 is 93.3 Å². The Morgan fingerprint density at radius 3 is 1.57 bits per heavy atom. The highest BCUT2D eigenvalue weighted by atomic mass is 16.4. The molecule has 1 saturated heterocycles. The number of nitrogens with two attached hydrogens (primary N) is 7. The highest BCUT2D eigenvalue weighted by Gasteiger charge is 2.41. The number of hydrogen-bond donors (Lipinski definition) is 19. The SMILES string of the molecule is CC[C@H](C)[C@H](NC(=O)[C@H](CCCCN)NC(=O)[C@H](CCCCN)NC(=O)CNC(=O)[C@@H]1CCCN1C(=O)[C@@H](NC(=O)[C@H](CCC(=O)O)NC(=O)[C@@H](NC(=O)[C@H](Cc1ccc(O)cc1)NC(=O)[C@@H](N)CCCN=C(N)N)C(C)C)C(C)C)C(=O)N[C@@H](CC(C)C)C(=O)N[C@@H](CCC(N)=O)C(N)=O. The van der Waals surface area contributed by atoms with Gasteiger partial charge in [-0.25, -0.2) is 0 Å². The number of nitrogens with one attached hydrogen (secondary N) is 10. The van der Waals surface area contributed by atoms with Crippen LogP contribution in [0.3, 0.4) is 0 Å². The first-order valence-corrected chi connectivity index (χ1v) is 34.6. The van der Waals surface area contributed by atoms with Gasteiger partial charge in [0.2, 0.25) is 76.8 Å². The Morgan fingerprint density at radius 1 is 0.554 bits per heavy atom. The lowest BCUT2D eigenvalue weighted by atomic mass is 9.96. The van der Waals surface area contributed by atoms with Crippen molar-refractivity contribution in [2.45, 2.75) is 231 Å². The molecule has 0 aliphatic carbocycles. The molecule has 12 atom stereocenters. The third-order valence-corrected chi connectivity index (χ3v) is 17.0. The Morgan fingerprint density at radius 2 is 1.04 bits per heavy atom. The standard InChI is InChI=1S/C66H113N19O16/c1-9-38(8)54(64(100)81-46(32-35(2)3)60(96)77-42(55(71)91)24-26-49(70)87)84-58(94)44(18-11-13-29-68)78-57(93)43(17-10-12-28-67)76-50(88)34-75-62(98)48-19-15-31-85(48)65(101)53(37(6)7)83-59(95)45(25-27-51(89)90)79-63(99)52(36(4)5)82-61(97)47(33-39-20-22-40(86)23-21-39)80-56(92)41(69)16-14-30-74-66(72)73/h20-23,35-38,41-48,52-54,86H,9-19,24-34,67-69H2,1-8H3,(H2,70,87)(H2,71,91)(H,75,98)(H,76,88)(H,77,96)(H,78,93)(H,79,99)(H,80,92)(H,81,100)(H,82,97)(H,83,95)(H,84,94)(H,89,90)(H4,72,73,74)/t38-,41-,42-,43-,44-,45-,46-,47-,48-,52-,53-,54-/m0/s1. The summed E-state index contributed by atoms with van der Waals surface area (Å²) in [6, 6.07) is -8.46. The van der Waals surface area contributed by atoms with Crippen molar-refractivity contribution in [3.05, 3.63) is 29.8 Å². The third-order valence-electron chi connectivity index (χ3n) is 17.0. The van der Waals surface area contributed by atoms with Crippen molar-refractivity contribution < 1.29 is 77.3 Å².